The van der Waals surface area contributed by atoms with E-state index in [9.17, 15) is 0 Å². The summed E-state index contributed by atoms with van der Waals surface area (Å²) in [4.78, 5) is 5.05. The summed E-state index contributed by atoms with van der Waals surface area (Å²) < 4.78 is 0. The Balaban J connectivity index is 3.15. The number of hydrogen-bond acceptors (Lipinski definition) is 2. The highest BCUT2D eigenvalue weighted by Gasteiger charge is 2.12. The predicted octanol–water partition coefficient (Wildman–Crippen LogP) is 2.24. The molecule has 0 aliphatic heterocycles. The SMILES string of the molecule is CN(C)c1ccccc1[N+]#N. The van der Waals surface area contributed by atoms with Crippen LogP contribution < -0.4 is 4.90 Å². The van der Waals surface area contributed by atoms with Crippen LogP contribution >= 0.6 is 0 Å². The summed E-state index contributed by atoms with van der Waals surface area (Å²) in [5, 5.41) is 8.57. The van der Waals surface area contributed by atoms with Gasteiger partial charge >= 0.3 is 5.69 Å². The first-order chi connectivity index (χ1) is 5.25. The molecule has 0 unspecified atom stereocenters. The Kier molecular flexibility index (Phi) is 2.07. The van der Waals surface area contributed by atoms with E-state index in [-0.39, 0.29) is 0 Å². The van der Waals surface area contributed by atoms with Crippen LogP contribution in [0.15, 0.2) is 24.3 Å². The van der Waals surface area contributed by atoms with Crippen LogP contribution in [0.1, 0.15) is 0 Å². The fourth-order valence-electron chi connectivity index (χ4n) is 0.927. The van der Waals surface area contributed by atoms with Gasteiger partial charge in [-0.1, -0.05) is 12.1 Å². The van der Waals surface area contributed by atoms with Crippen LogP contribution in [0.4, 0.5) is 11.4 Å². The highest BCUT2D eigenvalue weighted by atomic mass is 15.1. The van der Waals surface area contributed by atoms with Crippen molar-refractivity contribution in [2.45, 2.75) is 0 Å². The molecule has 0 saturated heterocycles. The zero-order chi connectivity index (χ0) is 8.27. The molecule has 0 aliphatic rings. The molecule has 0 aromatic heterocycles. The van der Waals surface area contributed by atoms with Crippen LogP contribution in [0.5, 0.6) is 0 Å². The fourth-order valence-corrected chi connectivity index (χ4v) is 0.927. The summed E-state index contributed by atoms with van der Waals surface area (Å²) in [7, 11) is 3.81. The zero-order valence-electron chi connectivity index (χ0n) is 6.65. The van der Waals surface area contributed by atoms with E-state index in [4.69, 9.17) is 5.39 Å². The lowest BCUT2D eigenvalue weighted by atomic mass is 10.2. The zero-order valence-corrected chi connectivity index (χ0v) is 6.65. The Morgan fingerprint density at radius 1 is 1.27 bits per heavy atom. The van der Waals surface area contributed by atoms with Crippen molar-refractivity contribution < 1.29 is 0 Å². The maximum atomic E-state index is 8.57. The molecule has 11 heavy (non-hydrogen) atoms. The van der Waals surface area contributed by atoms with Gasteiger partial charge in [-0.15, -0.1) is 0 Å². The highest BCUT2D eigenvalue weighted by molar-refractivity contribution is 5.69. The summed E-state index contributed by atoms with van der Waals surface area (Å²) in [6.07, 6.45) is 0. The second kappa shape index (κ2) is 3.02. The minimum absolute atomic E-state index is 0.595. The number of diazo groups is 1. The van der Waals surface area contributed by atoms with E-state index in [1.807, 2.05) is 37.2 Å². The maximum absolute atomic E-state index is 8.57. The van der Waals surface area contributed by atoms with E-state index in [1.165, 1.54) is 0 Å². The molecule has 0 aliphatic carbocycles. The number of nitrogens with zero attached hydrogens (tertiary/aromatic N) is 3. The van der Waals surface area contributed by atoms with Crippen molar-refractivity contribution in [3.63, 3.8) is 0 Å². The Labute approximate surface area is 65.9 Å². The lowest BCUT2D eigenvalue weighted by Crippen LogP contribution is -2.08. The molecular weight excluding hydrogens is 138 g/mol. The van der Waals surface area contributed by atoms with E-state index >= 15 is 0 Å². The van der Waals surface area contributed by atoms with Crippen LogP contribution in [0, 0.1) is 5.39 Å². The van der Waals surface area contributed by atoms with Gasteiger partial charge in [-0.3, -0.25) is 0 Å². The normalized spacial score (nSPS) is 8.82. The van der Waals surface area contributed by atoms with Crippen molar-refractivity contribution in [3.05, 3.63) is 29.2 Å². The Morgan fingerprint density at radius 3 is 2.36 bits per heavy atom. The van der Waals surface area contributed by atoms with Gasteiger partial charge in [0.2, 0.25) is 5.39 Å². The molecule has 0 radical (unpaired) electrons. The molecule has 3 nitrogen and oxygen atoms in total. The summed E-state index contributed by atoms with van der Waals surface area (Å²) in [5.74, 6) is 0. The van der Waals surface area contributed by atoms with E-state index in [0.29, 0.717) is 5.69 Å². The van der Waals surface area contributed by atoms with Gasteiger partial charge in [0, 0.05) is 20.2 Å². The van der Waals surface area contributed by atoms with Gasteiger partial charge < -0.3 is 4.90 Å². The van der Waals surface area contributed by atoms with Crippen molar-refractivity contribution in [1.82, 2.24) is 0 Å². The van der Waals surface area contributed by atoms with Crippen LogP contribution in [-0.2, 0) is 0 Å². The summed E-state index contributed by atoms with van der Waals surface area (Å²) in [5.41, 5.74) is 1.51. The van der Waals surface area contributed by atoms with Crippen molar-refractivity contribution in [2.24, 2.45) is 0 Å². The lowest BCUT2D eigenvalue weighted by molar-refractivity contribution is 1.13. The molecule has 3 heteroatoms. The van der Waals surface area contributed by atoms with Gasteiger partial charge in [0.1, 0.15) is 5.69 Å². The quantitative estimate of drug-likeness (QED) is 0.572. The smallest absolute Gasteiger partial charge is 0.371 e. The van der Waals surface area contributed by atoms with Gasteiger partial charge in [0.15, 0.2) is 4.98 Å². The summed E-state index contributed by atoms with van der Waals surface area (Å²) in [6, 6.07) is 7.40. The first-order valence-electron chi connectivity index (χ1n) is 3.37. The van der Waals surface area contributed by atoms with Gasteiger partial charge in [-0.25, -0.2) is 0 Å². The second-order valence-electron chi connectivity index (χ2n) is 2.48. The monoisotopic (exact) mass is 148 g/mol. The second-order valence-corrected chi connectivity index (χ2v) is 2.48. The van der Waals surface area contributed by atoms with Gasteiger partial charge in [-0.2, -0.15) is 0 Å². The number of benzene rings is 1. The Bertz CT molecular complexity index is 286. The molecule has 0 spiro atoms. The van der Waals surface area contributed by atoms with Crippen molar-refractivity contribution in [3.8, 4) is 0 Å². The molecule has 1 aromatic carbocycles. The molecule has 1 rings (SSSR count). The van der Waals surface area contributed by atoms with Gasteiger partial charge in [-0.05, 0) is 6.07 Å². The molecule has 0 bridgehead atoms. The average molecular weight is 148 g/mol. The first-order valence-corrected chi connectivity index (χ1v) is 3.37. The van der Waals surface area contributed by atoms with Crippen LogP contribution in [0.3, 0.4) is 0 Å². The number of rotatable bonds is 1. The standard InChI is InChI=1S/C8H10N3/c1-11(2)8-6-4-3-5-7(8)10-9/h3-6H,1-2H3/q+1. The van der Waals surface area contributed by atoms with Crippen molar-refractivity contribution in [1.29, 1.82) is 5.39 Å². The Hall–Kier alpha value is -1.56. The van der Waals surface area contributed by atoms with E-state index < -0.39 is 0 Å². The average Bonchev–Trinajstić information content (AvgIpc) is 2.04. The first kappa shape index (κ1) is 7.55. The lowest BCUT2D eigenvalue weighted by Gasteiger charge is -2.07. The fraction of sp³-hybridized carbons (Fsp3) is 0.250. The van der Waals surface area contributed by atoms with Crippen molar-refractivity contribution in [2.75, 3.05) is 19.0 Å². The molecule has 56 valence electrons. The highest BCUT2D eigenvalue weighted by Crippen LogP contribution is 2.25. The Morgan fingerprint density at radius 2 is 1.91 bits per heavy atom. The number of para-hydroxylation sites is 1. The van der Waals surface area contributed by atoms with Crippen LogP contribution in [-0.4, -0.2) is 14.1 Å². The van der Waals surface area contributed by atoms with Crippen LogP contribution in [0.2, 0.25) is 0 Å². The third-order valence-corrected chi connectivity index (χ3v) is 1.47. The largest absolute Gasteiger partial charge is 0.407 e. The minimum Gasteiger partial charge on any atom is -0.371 e. The molecule has 0 N–H and O–H groups in total. The maximum Gasteiger partial charge on any atom is 0.407 e. The molecule has 0 heterocycles. The third kappa shape index (κ3) is 1.47. The molecular formula is C8H10N3+. The van der Waals surface area contributed by atoms with Crippen LogP contribution in [0.25, 0.3) is 4.98 Å². The van der Waals surface area contributed by atoms with E-state index in [2.05, 4.69) is 4.98 Å². The summed E-state index contributed by atoms with van der Waals surface area (Å²) >= 11 is 0. The molecule has 0 amide bonds. The van der Waals surface area contributed by atoms with Gasteiger partial charge in [0.25, 0.3) is 0 Å². The topological polar surface area (TPSA) is 31.4 Å². The predicted molar refractivity (Wildman–Crippen MR) is 45.5 cm³/mol. The molecule has 1 aromatic rings. The van der Waals surface area contributed by atoms with E-state index in [0.717, 1.165) is 5.69 Å². The molecule has 0 atom stereocenters. The molecule has 0 fully saturated rings. The van der Waals surface area contributed by atoms with E-state index in [1.54, 1.807) is 6.07 Å². The summed E-state index contributed by atoms with van der Waals surface area (Å²) in [6.45, 7) is 0. The van der Waals surface area contributed by atoms with Gasteiger partial charge in [0.05, 0.1) is 0 Å². The minimum atomic E-state index is 0.595. The molecule has 0 saturated carbocycles. The number of anilines is 1. The number of hydrogen-bond donors (Lipinski definition) is 0. The third-order valence-electron chi connectivity index (χ3n) is 1.47. The van der Waals surface area contributed by atoms with Crippen molar-refractivity contribution >= 4 is 11.4 Å².